The molecule has 0 rings (SSSR count). The number of unbranched alkanes of at least 4 members (excludes halogenated alkanes) is 15. The van der Waals surface area contributed by atoms with E-state index in [4.69, 9.17) is 16.3 Å². The fraction of sp³-hybridized carbons (Fsp3) is 0.950. The van der Waals surface area contributed by atoms with Crippen molar-refractivity contribution in [3.8, 4) is 0 Å². The Hall–Kier alpha value is -0.440. The molecule has 0 atom stereocenters. The van der Waals surface area contributed by atoms with Crippen LogP contribution in [0, 0.1) is 0 Å². The van der Waals surface area contributed by atoms with Gasteiger partial charge in [0.05, 0.1) is 12.6 Å². The monoisotopic (exact) mass is 361 g/mol. The Labute approximate surface area is 155 Å². The smallest absolute Gasteiger partial charge is 0.408 e. The van der Waals surface area contributed by atoms with Crippen molar-refractivity contribution >= 4 is 17.7 Å². The highest BCUT2D eigenvalue weighted by Gasteiger charge is 1.99. The second-order valence-corrected chi connectivity index (χ2v) is 7.02. The second-order valence-electron chi connectivity index (χ2n) is 6.75. The molecule has 0 spiro atoms. The fourth-order valence-electron chi connectivity index (χ4n) is 2.92. The average molecular weight is 362 g/mol. The molecular formula is C20H40ClNO2. The molecule has 4 heteroatoms. The number of carbonyl (C=O) groups excluding carboxylic acids is 1. The van der Waals surface area contributed by atoms with Crippen molar-refractivity contribution in [3.63, 3.8) is 0 Å². The van der Waals surface area contributed by atoms with Crippen molar-refractivity contribution in [2.24, 2.45) is 0 Å². The number of alkyl carbamates (subject to hydrolysis) is 1. The maximum Gasteiger partial charge on any atom is 0.408 e. The highest BCUT2D eigenvalue weighted by molar-refractivity contribution is 6.18. The van der Waals surface area contributed by atoms with Gasteiger partial charge in [-0.25, -0.2) is 4.79 Å². The van der Waals surface area contributed by atoms with E-state index in [1.807, 2.05) is 0 Å². The zero-order chi connectivity index (χ0) is 17.7. The molecule has 0 aromatic carbocycles. The van der Waals surface area contributed by atoms with Crippen LogP contribution in [0.15, 0.2) is 0 Å². The van der Waals surface area contributed by atoms with Crippen LogP contribution in [-0.4, -0.2) is 18.7 Å². The summed E-state index contributed by atoms with van der Waals surface area (Å²) in [6.07, 6.45) is 21.2. The number of carbonyl (C=O) groups is 1. The number of hydrogen-bond acceptors (Lipinski definition) is 2. The highest BCUT2D eigenvalue weighted by atomic mass is 35.5. The molecule has 0 fully saturated rings. The van der Waals surface area contributed by atoms with E-state index < -0.39 is 6.09 Å². The van der Waals surface area contributed by atoms with E-state index in [0.717, 1.165) is 12.8 Å². The summed E-state index contributed by atoms with van der Waals surface area (Å²) in [6, 6.07) is 0.109. The summed E-state index contributed by atoms with van der Waals surface area (Å²) in [7, 11) is 0. The summed E-state index contributed by atoms with van der Waals surface area (Å²) in [5, 5.41) is 2.40. The summed E-state index contributed by atoms with van der Waals surface area (Å²) in [6.45, 7) is 2.78. The third-order valence-electron chi connectivity index (χ3n) is 4.44. The zero-order valence-corrected chi connectivity index (χ0v) is 16.7. The first-order chi connectivity index (χ1) is 11.8. The van der Waals surface area contributed by atoms with Crippen molar-refractivity contribution in [2.75, 3.05) is 12.6 Å². The first-order valence-electron chi connectivity index (χ1n) is 10.3. The Bertz CT molecular complexity index is 262. The third-order valence-corrected chi connectivity index (χ3v) is 4.58. The van der Waals surface area contributed by atoms with Crippen LogP contribution in [0.1, 0.15) is 110 Å². The molecule has 0 saturated heterocycles. The van der Waals surface area contributed by atoms with Crippen LogP contribution in [0.2, 0.25) is 0 Å². The van der Waals surface area contributed by atoms with Gasteiger partial charge in [0.1, 0.15) is 0 Å². The molecule has 0 aliphatic rings. The van der Waals surface area contributed by atoms with Crippen molar-refractivity contribution < 1.29 is 9.53 Å². The molecule has 0 aromatic rings. The molecule has 24 heavy (non-hydrogen) atoms. The van der Waals surface area contributed by atoms with Gasteiger partial charge in [-0.1, -0.05) is 103 Å². The summed E-state index contributed by atoms with van der Waals surface area (Å²) >= 11 is 5.37. The maximum atomic E-state index is 11.0. The van der Waals surface area contributed by atoms with Crippen LogP contribution in [0.25, 0.3) is 0 Å². The zero-order valence-electron chi connectivity index (χ0n) is 15.9. The molecule has 0 heterocycles. The summed E-state index contributed by atoms with van der Waals surface area (Å²) in [5.74, 6) is 0. The fourth-order valence-corrected chi connectivity index (χ4v) is 3.03. The van der Waals surface area contributed by atoms with Crippen molar-refractivity contribution in [1.82, 2.24) is 5.32 Å². The minimum Gasteiger partial charge on any atom is -0.450 e. The third kappa shape index (κ3) is 19.6. The van der Waals surface area contributed by atoms with Crippen LogP contribution in [0.3, 0.4) is 0 Å². The van der Waals surface area contributed by atoms with E-state index in [2.05, 4.69) is 12.2 Å². The van der Waals surface area contributed by atoms with Crippen LogP contribution >= 0.6 is 11.6 Å². The van der Waals surface area contributed by atoms with Crippen molar-refractivity contribution in [3.05, 3.63) is 0 Å². The Morgan fingerprint density at radius 1 is 0.708 bits per heavy atom. The number of halogens is 1. The minimum atomic E-state index is -0.411. The molecule has 0 aliphatic carbocycles. The van der Waals surface area contributed by atoms with Crippen molar-refractivity contribution in [1.29, 1.82) is 0 Å². The SMILES string of the molecule is CCCCCCCCCCCCCCCCCCOC(=O)NCCl. The lowest BCUT2D eigenvalue weighted by molar-refractivity contribution is 0.145. The largest absolute Gasteiger partial charge is 0.450 e. The normalized spacial score (nSPS) is 10.8. The van der Waals surface area contributed by atoms with E-state index in [-0.39, 0.29) is 6.00 Å². The van der Waals surface area contributed by atoms with Crippen LogP contribution < -0.4 is 5.32 Å². The maximum absolute atomic E-state index is 11.0. The highest BCUT2D eigenvalue weighted by Crippen LogP contribution is 2.13. The summed E-state index contributed by atoms with van der Waals surface area (Å²) in [5.41, 5.74) is 0. The molecule has 1 N–H and O–H groups in total. The van der Waals surface area contributed by atoms with E-state index in [1.165, 1.54) is 89.9 Å². The predicted molar refractivity (Wildman–Crippen MR) is 105 cm³/mol. The topological polar surface area (TPSA) is 38.3 Å². The molecule has 0 radical (unpaired) electrons. The van der Waals surface area contributed by atoms with Gasteiger partial charge in [-0.3, -0.25) is 0 Å². The molecule has 0 aliphatic heterocycles. The first kappa shape index (κ1) is 23.6. The van der Waals surface area contributed by atoms with Gasteiger partial charge in [-0.05, 0) is 6.42 Å². The molecule has 0 saturated carbocycles. The number of amides is 1. The number of ether oxygens (including phenoxy) is 1. The standard InChI is InChI=1S/C20H40ClNO2/c1-2-3-4-5-6-7-8-9-10-11-12-13-14-15-16-17-18-24-20(23)22-19-21/h2-19H2,1H3,(H,22,23). The van der Waals surface area contributed by atoms with Gasteiger partial charge < -0.3 is 10.1 Å². The molecule has 0 bridgehead atoms. The quantitative estimate of drug-likeness (QED) is 0.159. The number of alkyl halides is 1. The van der Waals surface area contributed by atoms with Gasteiger partial charge in [0.15, 0.2) is 0 Å². The Morgan fingerprint density at radius 2 is 1.08 bits per heavy atom. The second kappa shape index (κ2) is 20.6. The average Bonchev–Trinajstić information content (AvgIpc) is 2.58. The summed E-state index contributed by atoms with van der Waals surface area (Å²) < 4.78 is 4.97. The van der Waals surface area contributed by atoms with E-state index >= 15 is 0 Å². The van der Waals surface area contributed by atoms with Gasteiger partial charge in [0.25, 0.3) is 0 Å². The molecule has 144 valence electrons. The minimum absolute atomic E-state index is 0.109. The first-order valence-corrected chi connectivity index (χ1v) is 10.8. The van der Waals surface area contributed by atoms with E-state index in [1.54, 1.807) is 0 Å². The van der Waals surface area contributed by atoms with Gasteiger partial charge in [0, 0.05) is 0 Å². The summed E-state index contributed by atoms with van der Waals surface area (Å²) in [4.78, 5) is 11.0. The number of hydrogen-bond donors (Lipinski definition) is 1. The van der Waals surface area contributed by atoms with Gasteiger partial charge in [0.2, 0.25) is 0 Å². The lowest BCUT2D eigenvalue weighted by Gasteiger charge is -2.05. The Morgan fingerprint density at radius 3 is 1.46 bits per heavy atom. The van der Waals surface area contributed by atoms with Crippen LogP contribution in [0.5, 0.6) is 0 Å². The molecule has 1 amide bonds. The van der Waals surface area contributed by atoms with Gasteiger partial charge in [-0.15, -0.1) is 11.6 Å². The number of rotatable bonds is 18. The number of nitrogens with one attached hydrogen (secondary N) is 1. The van der Waals surface area contributed by atoms with Crippen molar-refractivity contribution in [2.45, 2.75) is 110 Å². The van der Waals surface area contributed by atoms with E-state index in [0.29, 0.717) is 6.61 Å². The van der Waals surface area contributed by atoms with Gasteiger partial charge >= 0.3 is 6.09 Å². The van der Waals surface area contributed by atoms with Crippen LogP contribution in [0.4, 0.5) is 4.79 Å². The lowest BCUT2D eigenvalue weighted by Crippen LogP contribution is -2.22. The Kier molecular flexibility index (Phi) is 20.2. The van der Waals surface area contributed by atoms with Crippen LogP contribution in [-0.2, 0) is 4.74 Å². The molecule has 0 unspecified atom stereocenters. The molecule has 3 nitrogen and oxygen atoms in total. The Balaban J connectivity index is 3.01. The molecule has 0 aromatic heterocycles. The van der Waals surface area contributed by atoms with Gasteiger partial charge in [-0.2, -0.15) is 0 Å². The molecular weight excluding hydrogens is 322 g/mol. The lowest BCUT2D eigenvalue weighted by atomic mass is 10.0. The van der Waals surface area contributed by atoms with E-state index in [9.17, 15) is 4.79 Å². The predicted octanol–water partition coefficient (Wildman–Crippen LogP) is 7.17.